The van der Waals surface area contributed by atoms with Crippen LogP contribution in [0.5, 0.6) is 0 Å². The normalized spacial score (nSPS) is 6.62. The summed E-state index contributed by atoms with van der Waals surface area (Å²) in [5.41, 5.74) is 0. The van der Waals surface area contributed by atoms with Gasteiger partial charge in [0.25, 0.3) is 0 Å². The van der Waals surface area contributed by atoms with Crippen LogP contribution in [0.15, 0.2) is 12.7 Å². The predicted molar refractivity (Wildman–Crippen MR) is 39.1 cm³/mol. The van der Waals surface area contributed by atoms with Crippen LogP contribution in [-0.4, -0.2) is 35.8 Å². The molecule has 8 heavy (non-hydrogen) atoms. The van der Waals surface area contributed by atoms with Crippen molar-refractivity contribution in [3.05, 3.63) is 12.7 Å². The molecule has 0 fully saturated rings. The van der Waals surface area contributed by atoms with Gasteiger partial charge in [0.2, 0.25) is 0 Å². The summed E-state index contributed by atoms with van der Waals surface area (Å²) in [6.07, 6.45) is 1.48. The zero-order valence-electron chi connectivity index (χ0n) is 4.46. The second-order valence-corrected chi connectivity index (χ2v) is 1.23. The molecule has 0 aliphatic heterocycles. The standard InChI is InChI=1S/C4H6O2S.Sn.2H/c1-2-3-6-4(5)7;;;/h2H,1,3H2,(H,5,7);;;. The molecule has 2 nitrogen and oxygen atoms in total. The third-order valence-corrected chi connectivity index (χ3v) is 0.454. The van der Waals surface area contributed by atoms with Crippen LogP contribution < -0.4 is 0 Å². The molecule has 0 aliphatic carbocycles. The summed E-state index contributed by atoms with van der Waals surface area (Å²) in [6, 6.07) is 0. The van der Waals surface area contributed by atoms with Gasteiger partial charge in [-0.1, -0.05) is 25.3 Å². The van der Waals surface area contributed by atoms with E-state index >= 15 is 0 Å². The van der Waals surface area contributed by atoms with Crippen LogP contribution in [0.3, 0.4) is 0 Å². The van der Waals surface area contributed by atoms with Gasteiger partial charge in [-0.05, 0) is 0 Å². The number of carbonyl (C=O) groups excluding carboxylic acids is 1. The van der Waals surface area contributed by atoms with Gasteiger partial charge >= 0.3 is 29.2 Å². The van der Waals surface area contributed by atoms with Gasteiger partial charge < -0.3 is 4.74 Å². The zero-order valence-corrected chi connectivity index (χ0v) is 9.39. The van der Waals surface area contributed by atoms with Crippen molar-refractivity contribution in [2.24, 2.45) is 0 Å². The van der Waals surface area contributed by atoms with Gasteiger partial charge in [-0.2, -0.15) is 0 Å². The Morgan fingerprint density at radius 1 is 1.88 bits per heavy atom. The molecule has 0 atom stereocenters. The Balaban J connectivity index is 0. The topological polar surface area (TPSA) is 26.3 Å². The first-order valence-corrected chi connectivity index (χ1v) is 2.18. The van der Waals surface area contributed by atoms with Crippen LogP contribution >= 0.6 is 12.6 Å². The van der Waals surface area contributed by atoms with Crippen LogP contribution in [0, 0.1) is 0 Å². The van der Waals surface area contributed by atoms with Crippen molar-refractivity contribution in [2.75, 3.05) is 6.61 Å². The molecule has 0 unspecified atom stereocenters. The number of carbonyl (C=O) groups is 1. The summed E-state index contributed by atoms with van der Waals surface area (Å²) in [7, 11) is 0. The van der Waals surface area contributed by atoms with Gasteiger partial charge in [-0.3, -0.25) is 0 Å². The van der Waals surface area contributed by atoms with Crippen molar-refractivity contribution in [1.29, 1.82) is 0 Å². The van der Waals surface area contributed by atoms with E-state index in [0.29, 0.717) is 0 Å². The number of hydrogen-bond acceptors (Lipinski definition) is 2. The van der Waals surface area contributed by atoms with Crippen LogP contribution in [0.25, 0.3) is 0 Å². The Bertz CT molecular complexity index is 84.1. The van der Waals surface area contributed by atoms with E-state index in [1.807, 2.05) is 0 Å². The molecule has 0 aromatic heterocycles. The number of hydrogen-bond donors (Lipinski definition) is 1. The third-order valence-electron chi connectivity index (χ3n) is 0.325. The van der Waals surface area contributed by atoms with Crippen LogP contribution in [0.4, 0.5) is 4.79 Å². The van der Waals surface area contributed by atoms with Crippen molar-refractivity contribution >= 4 is 41.8 Å². The van der Waals surface area contributed by atoms with E-state index in [1.54, 1.807) is 0 Å². The van der Waals surface area contributed by atoms with E-state index in [-0.39, 0.29) is 30.5 Å². The molecular formula is C4H8O2SSn. The molecule has 0 rings (SSSR count). The van der Waals surface area contributed by atoms with Crippen LogP contribution in [0.1, 0.15) is 0 Å². The first-order valence-electron chi connectivity index (χ1n) is 1.74. The fourth-order valence-corrected chi connectivity index (χ4v) is 0.205. The Hall–Kier alpha value is 0.359. The maximum absolute atomic E-state index is 9.80. The SMILES string of the molecule is C=CCOC(=O)S.[SnH2]. The summed E-state index contributed by atoms with van der Waals surface area (Å²) >= 11 is 3.32. The summed E-state index contributed by atoms with van der Waals surface area (Å²) in [4.78, 5) is 9.80. The molecule has 0 aromatic carbocycles. The predicted octanol–water partition coefficient (Wildman–Crippen LogP) is 0.323. The average molecular weight is 239 g/mol. The molecule has 0 aliphatic rings. The molecule has 0 spiro atoms. The Morgan fingerprint density at radius 3 is 2.50 bits per heavy atom. The summed E-state index contributed by atoms with van der Waals surface area (Å²) in [6.45, 7) is 3.56. The van der Waals surface area contributed by atoms with Crippen LogP contribution in [-0.2, 0) is 4.74 Å². The monoisotopic (exact) mass is 240 g/mol. The van der Waals surface area contributed by atoms with Crippen molar-refractivity contribution in [3.63, 3.8) is 0 Å². The quantitative estimate of drug-likeness (QED) is 0.325. The minimum absolute atomic E-state index is 0. The third kappa shape index (κ3) is 9.61. The fourth-order valence-electron chi connectivity index (χ4n) is 0.130. The molecule has 0 amide bonds. The number of rotatable bonds is 2. The molecule has 46 valence electrons. The van der Waals surface area contributed by atoms with Gasteiger partial charge in [-0.25, -0.2) is 4.79 Å². The first kappa shape index (κ1) is 11.2. The van der Waals surface area contributed by atoms with Gasteiger partial charge in [0, 0.05) is 0 Å². The fraction of sp³-hybridized carbons (Fsp3) is 0.250. The Morgan fingerprint density at radius 2 is 2.38 bits per heavy atom. The number of ether oxygens (including phenoxy) is 1. The Labute approximate surface area is 70.7 Å². The van der Waals surface area contributed by atoms with E-state index in [1.165, 1.54) is 6.08 Å². The van der Waals surface area contributed by atoms with Crippen molar-refractivity contribution in [3.8, 4) is 0 Å². The van der Waals surface area contributed by atoms with E-state index in [0.717, 1.165) is 0 Å². The average Bonchev–Trinajstić information content (AvgIpc) is 1.61. The van der Waals surface area contributed by atoms with E-state index in [4.69, 9.17) is 0 Å². The molecule has 2 radical (unpaired) electrons. The molecular weight excluding hydrogens is 231 g/mol. The zero-order chi connectivity index (χ0) is 5.70. The second kappa shape index (κ2) is 7.36. The van der Waals surface area contributed by atoms with E-state index < -0.39 is 5.30 Å². The van der Waals surface area contributed by atoms with Gasteiger partial charge in [0.15, 0.2) is 0 Å². The number of thiol groups is 1. The van der Waals surface area contributed by atoms with Gasteiger partial charge in [0.1, 0.15) is 6.61 Å². The first-order chi connectivity index (χ1) is 3.27. The molecule has 0 bridgehead atoms. The van der Waals surface area contributed by atoms with Crippen molar-refractivity contribution < 1.29 is 9.53 Å². The van der Waals surface area contributed by atoms with Gasteiger partial charge in [-0.15, -0.1) is 0 Å². The maximum atomic E-state index is 9.80. The minimum atomic E-state index is -0.570. The van der Waals surface area contributed by atoms with Crippen molar-refractivity contribution in [1.82, 2.24) is 0 Å². The van der Waals surface area contributed by atoms with Crippen molar-refractivity contribution in [2.45, 2.75) is 0 Å². The second-order valence-electron chi connectivity index (χ2n) is 0.866. The molecule has 4 heteroatoms. The molecule has 0 N–H and O–H groups in total. The van der Waals surface area contributed by atoms with Gasteiger partial charge in [0.05, 0.1) is 0 Å². The summed E-state index contributed by atoms with van der Waals surface area (Å²) < 4.78 is 4.30. The van der Waals surface area contributed by atoms with E-state index in [9.17, 15) is 4.79 Å². The molecule has 0 saturated heterocycles. The Kier molecular flexibility index (Phi) is 10.3. The summed E-state index contributed by atoms with van der Waals surface area (Å²) in [5.74, 6) is 0. The molecule has 0 heterocycles. The van der Waals surface area contributed by atoms with Crippen LogP contribution in [0.2, 0.25) is 0 Å². The molecule has 0 saturated carbocycles. The van der Waals surface area contributed by atoms with E-state index in [2.05, 4.69) is 23.9 Å². The summed E-state index contributed by atoms with van der Waals surface area (Å²) in [5, 5.41) is -0.570. The molecule has 0 aromatic rings.